The molecule has 0 spiro atoms. The van der Waals surface area contributed by atoms with Crippen molar-refractivity contribution in [3.63, 3.8) is 0 Å². The number of aliphatic hydroxyl groups is 1. The molecule has 6 nitrogen and oxygen atoms in total. The van der Waals surface area contributed by atoms with Crippen LogP contribution in [0.1, 0.15) is 62.2 Å². The topological polar surface area (TPSA) is 107 Å². The molecule has 3 aliphatic carbocycles. The molecule has 1 aromatic rings. The van der Waals surface area contributed by atoms with Crippen molar-refractivity contribution in [1.82, 2.24) is 0 Å². The molecule has 0 aromatic heterocycles. The fourth-order valence-corrected chi connectivity index (χ4v) is 6.43. The van der Waals surface area contributed by atoms with Gasteiger partial charge in [0.1, 0.15) is 0 Å². The van der Waals surface area contributed by atoms with E-state index in [0.717, 1.165) is 30.4 Å². The normalized spacial score (nSPS) is 38.7. The van der Waals surface area contributed by atoms with Gasteiger partial charge in [0.05, 0.1) is 12.2 Å². The Hall–Kier alpha value is 0.486. The van der Waals surface area contributed by atoms with E-state index < -0.39 is 22.6 Å². The third-order valence-corrected chi connectivity index (χ3v) is 7.38. The molecule has 0 radical (unpaired) electrons. The maximum atomic E-state index is 11.6. The first-order chi connectivity index (χ1) is 11.7. The zero-order valence-electron chi connectivity index (χ0n) is 15.1. The zero-order valence-corrected chi connectivity index (χ0v) is 19.0. The van der Waals surface area contributed by atoms with E-state index in [9.17, 15) is 18.6 Å². The summed E-state index contributed by atoms with van der Waals surface area (Å²) in [7, 11) is -4.47. The fourth-order valence-electron chi connectivity index (χ4n) is 5.82. The van der Waals surface area contributed by atoms with Crippen LogP contribution in [0.15, 0.2) is 18.2 Å². The van der Waals surface area contributed by atoms with E-state index in [4.69, 9.17) is 8.74 Å². The second kappa shape index (κ2) is 7.39. The first-order valence-corrected chi connectivity index (χ1v) is 10.2. The smallest absolute Gasteiger partial charge is 0.872 e. The van der Waals surface area contributed by atoms with Crippen LogP contribution in [0.25, 0.3) is 0 Å². The molecule has 26 heavy (non-hydrogen) atoms. The maximum absolute atomic E-state index is 11.6. The minimum Gasteiger partial charge on any atom is -0.872 e. The van der Waals surface area contributed by atoms with Gasteiger partial charge in [0.2, 0.25) is 0 Å². The molecule has 0 bridgehead atoms. The molecular weight excluding hydrogens is 383 g/mol. The SMILES string of the molecule is C[C@]12CC[C@@H]3c4ccc([O-])cc4[C@H](O)C[C@H]3[C@@H]1CC[C@@H]2OS(=O)(=O)O.[K+]. The van der Waals surface area contributed by atoms with Crippen LogP contribution in [0.2, 0.25) is 0 Å². The van der Waals surface area contributed by atoms with Crippen molar-refractivity contribution in [2.45, 2.75) is 57.2 Å². The maximum Gasteiger partial charge on any atom is 1.00 e. The van der Waals surface area contributed by atoms with Crippen molar-refractivity contribution in [2.24, 2.45) is 17.3 Å². The number of hydrogen-bond donors (Lipinski definition) is 2. The van der Waals surface area contributed by atoms with Crippen LogP contribution in [-0.4, -0.2) is 24.2 Å². The molecule has 6 atom stereocenters. The summed E-state index contributed by atoms with van der Waals surface area (Å²) in [5.41, 5.74) is 1.48. The Bertz CT molecular complexity index is 797. The third kappa shape index (κ3) is 3.57. The molecule has 0 amide bonds. The quantitative estimate of drug-likeness (QED) is 0.497. The Morgan fingerprint density at radius 3 is 2.65 bits per heavy atom. The minimum atomic E-state index is -4.47. The summed E-state index contributed by atoms with van der Waals surface area (Å²) in [6.07, 6.45) is 2.48. The first kappa shape index (κ1) is 21.2. The summed E-state index contributed by atoms with van der Waals surface area (Å²) in [6.45, 7) is 2.04. The molecule has 0 saturated heterocycles. The summed E-state index contributed by atoms with van der Waals surface area (Å²) in [6, 6.07) is 4.95. The number of benzene rings is 1. The van der Waals surface area contributed by atoms with Crippen LogP contribution in [0.3, 0.4) is 0 Å². The van der Waals surface area contributed by atoms with Crippen LogP contribution in [0.5, 0.6) is 5.75 Å². The van der Waals surface area contributed by atoms with Gasteiger partial charge in [0.25, 0.3) is 0 Å². The Balaban J connectivity index is 0.00000196. The number of aliphatic hydroxyl groups excluding tert-OH is 1. The Morgan fingerprint density at radius 1 is 1.23 bits per heavy atom. The number of rotatable bonds is 2. The molecule has 2 saturated carbocycles. The summed E-state index contributed by atoms with van der Waals surface area (Å²) < 4.78 is 36.5. The Morgan fingerprint density at radius 2 is 1.96 bits per heavy atom. The third-order valence-electron chi connectivity index (χ3n) is 6.90. The van der Waals surface area contributed by atoms with Gasteiger partial charge < -0.3 is 10.2 Å². The molecule has 4 rings (SSSR count). The molecule has 0 heterocycles. The van der Waals surface area contributed by atoms with E-state index in [2.05, 4.69) is 0 Å². The summed E-state index contributed by atoms with van der Waals surface area (Å²) in [4.78, 5) is 0. The van der Waals surface area contributed by atoms with E-state index in [0.29, 0.717) is 12.8 Å². The van der Waals surface area contributed by atoms with Crippen LogP contribution in [0, 0.1) is 17.3 Å². The van der Waals surface area contributed by atoms with Gasteiger partial charge in [-0.25, -0.2) is 4.18 Å². The van der Waals surface area contributed by atoms with Crippen molar-refractivity contribution < 1.29 is 78.8 Å². The predicted octanol–water partition coefficient (Wildman–Crippen LogP) is -0.701. The number of fused-ring (bicyclic) bond motifs is 5. The van der Waals surface area contributed by atoms with Crippen molar-refractivity contribution in [2.75, 3.05) is 0 Å². The van der Waals surface area contributed by atoms with Crippen LogP contribution in [0.4, 0.5) is 0 Å². The zero-order chi connectivity index (χ0) is 18.0. The average molecular weight is 407 g/mol. The van der Waals surface area contributed by atoms with Crippen molar-refractivity contribution in [3.05, 3.63) is 29.3 Å². The van der Waals surface area contributed by atoms with E-state index in [-0.39, 0.29) is 80.3 Å². The standard InChI is InChI=1S/C18H24O6S.K/c1-18-7-6-12-11-3-2-10(19)8-14(11)16(20)9-13(12)15(18)4-5-17(18)24-25(21,22)23;/h2-3,8,12-13,15-17,19-20H,4-7,9H2,1H3,(H,21,22,23);/q;+1/p-1/t12-,13-,15+,16-,17+,18+;/m1./s1. The van der Waals surface area contributed by atoms with Gasteiger partial charge in [-0.15, -0.1) is 5.75 Å². The summed E-state index contributed by atoms with van der Waals surface area (Å²) in [5, 5.41) is 22.2. The van der Waals surface area contributed by atoms with Crippen LogP contribution >= 0.6 is 0 Å². The van der Waals surface area contributed by atoms with Gasteiger partial charge in [-0.1, -0.05) is 25.1 Å². The summed E-state index contributed by atoms with van der Waals surface area (Å²) in [5.74, 6) is 0.655. The van der Waals surface area contributed by atoms with E-state index in [1.807, 2.05) is 13.0 Å². The van der Waals surface area contributed by atoms with Crippen LogP contribution in [-0.2, 0) is 14.6 Å². The largest absolute Gasteiger partial charge is 1.00 e. The van der Waals surface area contributed by atoms with Gasteiger partial charge in [0.15, 0.2) is 0 Å². The van der Waals surface area contributed by atoms with Crippen molar-refractivity contribution >= 4 is 10.4 Å². The molecule has 0 aliphatic heterocycles. The second-order valence-electron chi connectivity index (χ2n) is 8.05. The molecule has 138 valence electrons. The fraction of sp³-hybridized carbons (Fsp3) is 0.667. The molecular formula is C18H23KO6S. The molecule has 3 aliphatic rings. The van der Waals surface area contributed by atoms with Gasteiger partial charge in [0, 0.05) is 0 Å². The van der Waals surface area contributed by atoms with E-state index >= 15 is 0 Å². The average Bonchev–Trinajstić information content (AvgIpc) is 2.83. The molecule has 8 heteroatoms. The van der Waals surface area contributed by atoms with E-state index in [1.54, 1.807) is 12.1 Å². The monoisotopic (exact) mass is 406 g/mol. The molecule has 2 fully saturated rings. The molecule has 2 N–H and O–H groups in total. The summed E-state index contributed by atoms with van der Waals surface area (Å²) >= 11 is 0. The van der Waals surface area contributed by atoms with Gasteiger partial charge >= 0.3 is 61.8 Å². The van der Waals surface area contributed by atoms with Gasteiger partial charge in [-0.2, -0.15) is 8.42 Å². The Kier molecular flexibility index (Phi) is 6.02. The molecule has 1 aromatic carbocycles. The number of hydrogen-bond acceptors (Lipinski definition) is 5. The predicted molar refractivity (Wildman–Crippen MR) is 88.2 cm³/mol. The van der Waals surface area contributed by atoms with E-state index in [1.165, 1.54) is 0 Å². The second-order valence-corrected chi connectivity index (χ2v) is 9.10. The van der Waals surface area contributed by atoms with Gasteiger partial charge in [-0.3, -0.25) is 4.55 Å². The Labute approximate surface area is 196 Å². The van der Waals surface area contributed by atoms with Crippen molar-refractivity contribution in [1.29, 1.82) is 0 Å². The van der Waals surface area contributed by atoms with Crippen molar-refractivity contribution in [3.8, 4) is 5.75 Å². The first-order valence-electron chi connectivity index (χ1n) is 8.83. The minimum absolute atomic E-state index is 0. The van der Waals surface area contributed by atoms with Gasteiger partial charge in [-0.05, 0) is 66.4 Å². The van der Waals surface area contributed by atoms with Crippen LogP contribution < -0.4 is 56.5 Å². The molecule has 0 unspecified atom stereocenters.